The first-order valence-corrected chi connectivity index (χ1v) is 7.95. The molecule has 0 spiro atoms. The van der Waals surface area contributed by atoms with Gasteiger partial charge in [0, 0.05) is 12.5 Å². The van der Waals surface area contributed by atoms with Crippen molar-refractivity contribution in [3.05, 3.63) is 71.8 Å². The van der Waals surface area contributed by atoms with Crippen LogP contribution in [0.1, 0.15) is 36.8 Å². The molecule has 116 valence electrons. The molecular formula is C19H25N3. The molecule has 0 atom stereocenters. The van der Waals surface area contributed by atoms with Crippen molar-refractivity contribution in [1.29, 1.82) is 0 Å². The summed E-state index contributed by atoms with van der Waals surface area (Å²) >= 11 is 0. The fraction of sp³-hybridized carbons (Fsp3) is 0.316. The molecule has 2 aromatic rings. The number of hydrogen-bond donors (Lipinski definition) is 2. The van der Waals surface area contributed by atoms with E-state index in [2.05, 4.69) is 65.8 Å². The summed E-state index contributed by atoms with van der Waals surface area (Å²) in [6.07, 6.45) is 2.26. The minimum atomic E-state index is 0.230. The zero-order valence-corrected chi connectivity index (χ0v) is 13.2. The van der Waals surface area contributed by atoms with Gasteiger partial charge in [-0.25, -0.2) is 0 Å². The molecule has 3 N–H and O–H groups in total. The van der Waals surface area contributed by atoms with Crippen LogP contribution in [-0.4, -0.2) is 19.0 Å². The molecule has 0 saturated heterocycles. The molecule has 0 aliphatic rings. The van der Waals surface area contributed by atoms with Gasteiger partial charge in [-0.3, -0.25) is 4.99 Å². The van der Waals surface area contributed by atoms with E-state index >= 15 is 0 Å². The zero-order valence-electron chi connectivity index (χ0n) is 13.2. The topological polar surface area (TPSA) is 50.4 Å². The quantitative estimate of drug-likeness (QED) is 0.466. The molecule has 0 unspecified atom stereocenters. The smallest absolute Gasteiger partial charge is 0.188 e. The van der Waals surface area contributed by atoms with E-state index in [0.717, 1.165) is 19.4 Å². The number of nitrogens with zero attached hydrogens (tertiary/aromatic N) is 1. The second-order valence-electron chi connectivity index (χ2n) is 5.38. The van der Waals surface area contributed by atoms with Crippen LogP contribution in [0.2, 0.25) is 0 Å². The highest BCUT2D eigenvalue weighted by atomic mass is 15.1. The van der Waals surface area contributed by atoms with Crippen molar-refractivity contribution >= 4 is 5.96 Å². The first-order valence-electron chi connectivity index (χ1n) is 7.95. The summed E-state index contributed by atoms with van der Waals surface area (Å²) in [6, 6.07) is 20.9. The molecule has 0 bridgehead atoms. The second-order valence-corrected chi connectivity index (χ2v) is 5.38. The van der Waals surface area contributed by atoms with Gasteiger partial charge in [0.2, 0.25) is 0 Å². The Hall–Kier alpha value is -2.29. The molecule has 0 aliphatic carbocycles. The third kappa shape index (κ3) is 4.92. The number of guanidine groups is 1. The van der Waals surface area contributed by atoms with Gasteiger partial charge in [-0.1, -0.05) is 74.0 Å². The molecule has 0 saturated carbocycles. The van der Waals surface area contributed by atoms with Crippen LogP contribution >= 0.6 is 0 Å². The third-order valence-corrected chi connectivity index (χ3v) is 3.68. The molecule has 2 aromatic carbocycles. The second kappa shape index (κ2) is 8.88. The maximum atomic E-state index is 5.96. The number of benzene rings is 2. The van der Waals surface area contributed by atoms with Gasteiger partial charge in [0.15, 0.2) is 5.96 Å². The molecule has 0 aromatic heterocycles. The van der Waals surface area contributed by atoms with Crippen LogP contribution in [0.5, 0.6) is 0 Å². The van der Waals surface area contributed by atoms with Gasteiger partial charge in [-0.15, -0.1) is 0 Å². The Morgan fingerprint density at radius 2 is 1.55 bits per heavy atom. The summed E-state index contributed by atoms with van der Waals surface area (Å²) in [6.45, 7) is 3.70. The predicted molar refractivity (Wildman–Crippen MR) is 94.1 cm³/mol. The van der Waals surface area contributed by atoms with E-state index in [-0.39, 0.29) is 5.92 Å². The SMILES string of the molecule is CCCCNC(N)=NCC(c1ccccc1)c1ccccc1. The molecule has 0 radical (unpaired) electrons. The predicted octanol–water partition coefficient (Wildman–Crippen LogP) is 3.52. The normalized spacial score (nSPS) is 11.6. The standard InChI is InChI=1S/C19H25N3/c1-2-3-14-21-19(20)22-15-18(16-10-6-4-7-11-16)17-12-8-5-9-13-17/h4-13,18H,2-3,14-15H2,1H3,(H3,20,21,22). The lowest BCUT2D eigenvalue weighted by molar-refractivity contribution is 0.742. The number of unbranched alkanes of at least 4 members (excludes halogenated alkanes) is 1. The molecule has 3 heteroatoms. The van der Waals surface area contributed by atoms with Crippen molar-refractivity contribution in [2.45, 2.75) is 25.7 Å². The van der Waals surface area contributed by atoms with Crippen LogP contribution in [0.4, 0.5) is 0 Å². The Balaban J connectivity index is 2.11. The third-order valence-electron chi connectivity index (χ3n) is 3.68. The molecule has 0 heterocycles. The van der Waals surface area contributed by atoms with Crippen molar-refractivity contribution in [3.8, 4) is 0 Å². The first kappa shape index (κ1) is 16.1. The van der Waals surface area contributed by atoms with E-state index < -0.39 is 0 Å². The van der Waals surface area contributed by atoms with E-state index in [1.54, 1.807) is 0 Å². The lowest BCUT2D eigenvalue weighted by atomic mass is 9.91. The van der Waals surface area contributed by atoms with Gasteiger partial charge in [-0.2, -0.15) is 0 Å². The minimum Gasteiger partial charge on any atom is -0.370 e. The highest BCUT2D eigenvalue weighted by molar-refractivity contribution is 5.77. The minimum absolute atomic E-state index is 0.230. The molecule has 0 aliphatic heterocycles. The van der Waals surface area contributed by atoms with Gasteiger partial charge in [0.1, 0.15) is 0 Å². The van der Waals surface area contributed by atoms with Crippen molar-refractivity contribution in [2.24, 2.45) is 10.7 Å². The number of rotatable bonds is 7. The van der Waals surface area contributed by atoms with Crippen LogP contribution in [-0.2, 0) is 0 Å². The molecule has 3 nitrogen and oxygen atoms in total. The lowest BCUT2D eigenvalue weighted by Crippen LogP contribution is -2.32. The number of nitrogens with one attached hydrogen (secondary N) is 1. The Labute approximate surface area is 133 Å². The Morgan fingerprint density at radius 1 is 1.00 bits per heavy atom. The van der Waals surface area contributed by atoms with Crippen LogP contribution in [0.25, 0.3) is 0 Å². The summed E-state index contributed by atoms with van der Waals surface area (Å²) < 4.78 is 0. The van der Waals surface area contributed by atoms with Crippen LogP contribution in [0.15, 0.2) is 65.7 Å². The number of aliphatic imine (C=N–C) groups is 1. The lowest BCUT2D eigenvalue weighted by Gasteiger charge is -2.16. The van der Waals surface area contributed by atoms with E-state index in [4.69, 9.17) is 5.73 Å². The van der Waals surface area contributed by atoms with Crippen molar-refractivity contribution in [3.63, 3.8) is 0 Å². The summed E-state index contributed by atoms with van der Waals surface area (Å²) in [5.41, 5.74) is 8.48. The fourth-order valence-corrected chi connectivity index (χ4v) is 2.41. The van der Waals surface area contributed by atoms with E-state index in [0.29, 0.717) is 12.5 Å². The summed E-state index contributed by atoms with van der Waals surface area (Å²) in [7, 11) is 0. The van der Waals surface area contributed by atoms with E-state index in [1.165, 1.54) is 11.1 Å². The van der Waals surface area contributed by atoms with Gasteiger partial charge in [-0.05, 0) is 17.5 Å². The van der Waals surface area contributed by atoms with Crippen LogP contribution < -0.4 is 11.1 Å². The average Bonchev–Trinajstić information content (AvgIpc) is 2.57. The number of nitrogens with two attached hydrogens (primary N) is 1. The van der Waals surface area contributed by atoms with Gasteiger partial charge >= 0.3 is 0 Å². The summed E-state index contributed by atoms with van der Waals surface area (Å²) in [4.78, 5) is 4.53. The molecule has 0 amide bonds. The highest BCUT2D eigenvalue weighted by Crippen LogP contribution is 2.24. The maximum Gasteiger partial charge on any atom is 0.188 e. The van der Waals surface area contributed by atoms with Gasteiger partial charge in [0.05, 0.1) is 6.54 Å². The van der Waals surface area contributed by atoms with Gasteiger partial charge < -0.3 is 11.1 Å². The Bertz CT molecular complexity index is 524. The Morgan fingerprint density at radius 3 is 2.05 bits per heavy atom. The zero-order chi connectivity index (χ0) is 15.6. The van der Waals surface area contributed by atoms with Gasteiger partial charge in [0.25, 0.3) is 0 Å². The Kier molecular flexibility index (Phi) is 6.49. The van der Waals surface area contributed by atoms with Crippen molar-refractivity contribution in [1.82, 2.24) is 5.32 Å². The fourth-order valence-electron chi connectivity index (χ4n) is 2.41. The molecule has 22 heavy (non-hydrogen) atoms. The number of hydrogen-bond acceptors (Lipinski definition) is 1. The monoisotopic (exact) mass is 295 g/mol. The van der Waals surface area contributed by atoms with E-state index in [1.807, 2.05) is 12.1 Å². The average molecular weight is 295 g/mol. The van der Waals surface area contributed by atoms with Crippen molar-refractivity contribution < 1.29 is 0 Å². The van der Waals surface area contributed by atoms with E-state index in [9.17, 15) is 0 Å². The molecular weight excluding hydrogens is 270 g/mol. The molecule has 2 rings (SSSR count). The summed E-state index contributed by atoms with van der Waals surface area (Å²) in [5.74, 6) is 0.763. The largest absolute Gasteiger partial charge is 0.370 e. The maximum absolute atomic E-state index is 5.96. The summed E-state index contributed by atoms with van der Waals surface area (Å²) in [5, 5.41) is 3.17. The van der Waals surface area contributed by atoms with Crippen LogP contribution in [0, 0.1) is 0 Å². The highest BCUT2D eigenvalue weighted by Gasteiger charge is 2.13. The van der Waals surface area contributed by atoms with Crippen LogP contribution in [0.3, 0.4) is 0 Å². The molecule has 0 fully saturated rings. The first-order chi connectivity index (χ1) is 10.8. The van der Waals surface area contributed by atoms with Crippen molar-refractivity contribution in [2.75, 3.05) is 13.1 Å².